The second-order valence-electron chi connectivity index (χ2n) is 6.10. The van der Waals surface area contributed by atoms with Crippen molar-refractivity contribution >= 4 is 23.5 Å². The first-order valence-corrected chi connectivity index (χ1v) is 8.05. The van der Waals surface area contributed by atoms with Crippen LogP contribution in [0.5, 0.6) is 0 Å². The Labute approximate surface area is 151 Å². The van der Waals surface area contributed by atoms with Gasteiger partial charge in [0.15, 0.2) is 0 Å². The Balaban J connectivity index is 3.05. The lowest BCUT2D eigenvalue weighted by Gasteiger charge is -2.24. The molecule has 0 spiro atoms. The predicted molar refractivity (Wildman–Crippen MR) is 93.2 cm³/mol. The van der Waals surface area contributed by atoms with E-state index < -0.39 is 28.9 Å². The summed E-state index contributed by atoms with van der Waals surface area (Å²) in [5.41, 5.74) is 0.131. The van der Waals surface area contributed by atoms with Gasteiger partial charge >= 0.3 is 5.97 Å². The Morgan fingerprint density at radius 2 is 1.81 bits per heavy atom. The van der Waals surface area contributed by atoms with E-state index in [1.54, 1.807) is 19.9 Å². The van der Waals surface area contributed by atoms with Gasteiger partial charge in [-0.1, -0.05) is 32.0 Å². The topological polar surface area (TPSA) is 128 Å². The summed E-state index contributed by atoms with van der Waals surface area (Å²) in [7, 11) is 1.16. The summed E-state index contributed by atoms with van der Waals surface area (Å²) in [5.74, 6) is -1.90. The molecule has 0 aliphatic heterocycles. The molecule has 2 atom stereocenters. The van der Waals surface area contributed by atoms with Crippen LogP contribution in [0, 0.1) is 16.0 Å². The maximum Gasteiger partial charge on any atom is 0.328 e. The lowest BCUT2D eigenvalue weighted by atomic mass is 10.0. The number of amides is 2. The number of para-hydroxylation sites is 1. The molecular formula is C17H23N3O6. The number of nitrogens with one attached hydrogen (secondary N) is 2. The molecule has 1 rings (SSSR count). The van der Waals surface area contributed by atoms with E-state index in [9.17, 15) is 24.5 Å². The van der Waals surface area contributed by atoms with E-state index in [-0.39, 0.29) is 29.5 Å². The SMILES string of the molecule is COC(=O)[C@H](Cc1ccccc1[N+](=O)[O-])NC(=O)[C@H](NC(C)=O)C(C)C. The van der Waals surface area contributed by atoms with Crippen molar-refractivity contribution < 1.29 is 24.0 Å². The third-order valence-electron chi connectivity index (χ3n) is 3.72. The largest absolute Gasteiger partial charge is 0.467 e. The highest BCUT2D eigenvalue weighted by Gasteiger charge is 2.30. The quantitative estimate of drug-likeness (QED) is 0.401. The van der Waals surface area contributed by atoms with Gasteiger partial charge in [-0.15, -0.1) is 0 Å². The van der Waals surface area contributed by atoms with Crippen LogP contribution in [0.15, 0.2) is 24.3 Å². The molecule has 0 saturated carbocycles. The number of hydrogen-bond acceptors (Lipinski definition) is 6. The number of nitrogens with zero attached hydrogens (tertiary/aromatic N) is 1. The minimum absolute atomic E-state index is 0.111. The number of ether oxygens (including phenoxy) is 1. The van der Waals surface area contributed by atoms with Crippen molar-refractivity contribution in [2.24, 2.45) is 5.92 Å². The van der Waals surface area contributed by atoms with Crippen LogP contribution in [0.1, 0.15) is 26.3 Å². The molecule has 1 aromatic rings. The molecule has 142 valence electrons. The van der Waals surface area contributed by atoms with Crippen LogP contribution in [-0.4, -0.2) is 41.9 Å². The van der Waals surface area contributed by atoms with Crippen LogP contribution in [-0.2, 0) is 25.5 Å². The summed E-state index contributed by atoms with van der Waals surface area (Å²) in [6.07, 6.45) is -0.111. The second-order valence-corrected chi connectivity index (χ2v) is 6.10. The fraction of sp³-hybridized carbons (Fsp3) is 0.471. The zero-order valence-electron chi connectivity index (χ0n) is 15.1. The molecule has 9 nitrogen and oxygen atoms in total. The molecule has 0 aliphatic rings. The Morgan fingerprint density at radius 3 is 2.31 bits per heavy atom. The van der Waals surface area contributed by atoms with E-state index >= 15 is 0 Å². The molecule has 1 aromatic carbocycles. The average Bonchev–Trinajstić information content (AvgIpc) is 2.58. The summed E-state index contributed by atoms with van der Waals surface area (Å²) < 4.78 is 4.70. The Hall–Kier alpha value is -2.97. The van der Waals surface area contributed by atoms with Crippen molar-refractivity contribution in [3.05, 3.63) is 39.9 Å². The van der Waals surface area contributed by atoms with Crippen LogP contribution in [0.3, 0.4) is 0 Å². The minimum Gasteiger partial charge on any atom is -0.467 e. The highest BCUT2D eigenvalue weighted by atomic mass is 16.6. The predicted octanol–water partition coefficient (Wildman–Crippen LogP) is 0.956. The average molecular weight is 365 g/mol. The van der Waals surface area contributed by atoms with Crippen molar-refractivity contribution in [2.75, 3.05) is 7.11 Å². The molecule has 0 radical (unpaired) electrons. The van der Waals surface area contributed by atoms with Gasteiger partial charge in [0.05, 0.1) is 12.0 Å². The van der Waals surface area contributed by atoms with Gasteiger partial charge in [-0.2, -0.15) is 0 Å². The van der Waals surface area contributed by atoms with Crippen LogP contribution < -0.4 is 10.6 Å². The van der Waals surface area contributed by atoms with Crippen molar-refractivity contribution in [1.29, 1.82) is 0 Å². The fourth-order valence-corrected chi connectivity index (χ4v) is 2.43. The van der Waals surface area contributed by atoms with Crippen molar-refractivity contribution in [1.82, 2.24) is 10.6 Å². The van der Waals surface area contributed by atoms with E-state index in [2.05, 4.69) is 10.6 Å². The standard InChI is InChI=1S/C17H23N3O6/c1-10(2)15(18-11(3)21)16(22)19-13(17(23)26-4)9-12-7-5-6-8-14(12)20(24)25/h5-8,10,13,15H,9H2,1-4H3,(H,18,21)(H,19,22)/t13-,15+/m0/s1. The molecule has 9 heteroatoms. The maximum atomic E-state index is 12.5. The summed E-state index contributed by atoms with van der Waals surface area (Å²) in [4.78, 5) is 46.4. The maximum absolute atomic E-state index is 12.5. The van der Waals surface area contributed by atoms with E-state index in [0.717, 1.165) is 7.11 Å². The van der Waals surface area contributed by atoms with Gasteiger partial charge in [-0.3, -0.25) is 19.7 Å². The van der Waals surface area contributed by atoms with Gasteiger partial charge in [0.2, 0.25) is 11.8 Å². The molecule has 0 heterocycles. The highest BCUT2D eigenvalue weighted by molar-refractivity contribution is 5.90. The minimum atomic E-state index is -1.12. The number of rotatable bonds is 8. The van der Waals surface area contributed by atoms with Gasteiger partial charge < -0.3 is 15.4 Å². The Morgan fingerprint density at radius 1 is 1.19 bits per heavy atom. The number of methoxy groups -OCH3 is 1. The van der Waals surface area contributed by atoms with E-state index in [0.29, 0.717) is 0 Å². The molecule has 0 fully saturated rings. The number of carbonyl (C=O) groups excluding carboxylic acids is 3. The number of hydrogen-bond donors (Lipinski definition) is 2. The van der Waals surface area contributed by atoms with E-state index in [1.807, 2.05) is 0 Å². The van der Waals surface area contributed by atoms with Crippen molar-refractivity contribution in [3.63, 3.8) is 0 Å². The summed E-state index contributed by atoms with van der Waals surface area (Å²) >= 11 is 0. The summed E-state index contributed by atoms with van der Waals surface area (Å²) in [5, 5.41) is 16.2. The lowest BCUT2D eigenvalue weighted by molar-refractivity contribution is -0.385. The Bertz CT molecular complexity index is 689. The van der Waals surface area contributed by atoms with Gasteiger partial charge in [0.1, 0.15) is 12.1 Å². The van der Waals surface area contributed by atoms with Crippen LogP contribution in [0.4, 0.5) is 5.69 Å². The number of carbonyl (C=O) groups is 3. The smallest absolute Gasteiger partial charge is 0.328 e. The van der Waals surface area contributed by atoms with Gasteiger partial charge in [0.25, 0.3) is 5.69 Å². The van der Waals surface area contributed by atoms with Gasteiger partial charge in [-0.25, -0.2) is 4.79 Å². The summed E-state index contributed by atoms with van der Waals surface area (Å²) in [6.45, 7) is 4.78. The van der Waals surface area contributed by atoms with Crippen molar-refractivity contribution in [3.8, 4) is 0 Å². The van der Waals surface area contributed by atoms with E-state index in [4.69, 9.17) is 4.74 Å². The van der Waals surface area contributed by atoms with E-state index in [1.165, 1.54) is 25.1 Å². The van der Waals surface area contributed by atoms with Crippen LogP contribution in [0.25, 0.3) is 0 Å². The number of nitro groups is 1. The highest BCUT2D eigenvalue weighted by Crippen LogP contribution is 2.19. The molecule has 0 saturated heterocycles. The third kappa shape index (κ3) is 5.83. The lowest BCUT2D eigenvalue weighted by Crippen LogP contribution is -2.54. The third-order valence-corrected chi connectivity index (χ3v) is 3.72. The molecule has 2 N–H and O–H groups in total. The number of esters is 1. The first-order chi connectivity index (χ1) is 12.2. The van der Waals surface area contributed by atoms with Crippen molar-refractivity contribution in [2.45, 2.75) is 39.3 Å². The van der Waals surface area contributed by atoms with Gasteiger partial charge in [-0.05, 0) is 5.92 Å². The number of nitro benzene ring substituents is 1. The number of benzene rings is 1. The zero-order chi connectivity index (χ0) is 19.9. The van der Waals surface area contributed by atoms with Crippen LogP contribution in [0.2, 0.25) is 0 Å². The monoisotopic (exact) mass is 365 g/mol. The fourth-order valence-electron chi connectivity index (χ4n) is 2.43. The zero-order valence-corrected chi connectivity index (χ0v) is 15.1. The normalized spacial score (nSPS) is 12.8. The van der Waals surface area contributed by atoms with Crippen LogP contribution >= 0.6 is 0 Å². The molecule has 2 amide bonds. The summed E-state index contributed by atoms with van der Waals surface area (Å²) in [6, 6.07) is 3.98. The molecular weight excluding hydrogens is 342 g/mol. The first-order valence-electron chi connectivity index (χ1n) is 8.05. The molecule has 0 aliphatic carbocycles. The molecule has 0 unspecified atom stereocenters. The first kappa shape index (κ1) is 21.1. The second kappa shape index (κ2) is 9.50. The Kier molecular flexibility index (Phi) is 7.70. The molecule has 0 aromatic heterocycles. The van der Waals surface area contributed by atoms with Gasteiger partial charge in [0, 0.05) is 25.0 Å². The molecule has 26 heavy (non-hydrogen) atoms. The molecule has 0 bridgehead atoms.